The molecule has 2 heterocycles. The standard InChI is InChI=1S/C13H11F3N2O2S/c1-3-8-10(12(19)20-2)18-11(21-8)7-4-5-9(17-6-7)13(14,15)16/h4-6H,3H2,1-2H3. The van der Waals surface area contributed by atoms with Crippen molar-refractivity contribution in [3.8, 4) is 10.6 Å². The molecule has 0 bridgehead atoms. The lowest BCUT2D eigenvalue weighted by Crippen LogP contribution is -2.07. The zero-order valence-corrected chi connectivity index (χ0v) is 12.0. The molecule has 0 saturated carbocycles. The summed E-state index contributed by atoms with van der Waals surface area (Å²) in [5, 5.41) is 0.438. The zero-order chi connectivity index (χ0) is 15.6. The van der Waals surface area contributed by atoms with E-state index in [9.17, 15) is 18.0 Å². The Kier molecular flexibility index (Phi) is 4.26. The molecular weight excluding hydrogens is 305 g/mol. The van der Waals surface area contributed by atoms with E-state index < -0.39 is 17.8 Å². The second-order valence-electron chi connectivity index (χ2n) is 4.07. The van der Waals surface area contributed by atoms with E-state index in [1.54, 1.807) is 0 Å². The van der Waals surface area contributed by atoms with Crippen molar-refractivity contribution in [1.82, 2.24) is 9.97 Å². The lowest BCUT2D eigenvalue weighted by atomic mass is 10.2. The molecule has 2 aromatic heterocycles. The minimum Gasteiger partial charge on any atom is -0.464 e. The fraction of sp³-hybridized carbons (Fsp3) is 0.308. The van der Waals surface area contributed by atoms with Gasteiger partial charge >= 0.3 is 12.1 Å². The van der Waals surface area contributed by atoms with Gasteiger partial charge in [-0.25, -0.2) is 9.78 Å². The molecule has 0 aliphatic rings. The Bertz CT molecular complexity index is 650. The van der Waals surface area contributed by atoms with Crippen LogP contribution in [0.5, 0.6) is 0 Å². The van der Waals surface area contributed by atoms with E-state index in [0.29, 0.717) is 17.0 Å². The molecule has 0 radical (unpaired) electrons. The fourth-order valence-electron chi connectivity index (χ4n) is 1.66. The molecule has 0 unspecified atom stereocenters. The number of hydrogen-bond donors (Lipinski definition) is 0. The number of aromatic nitrogens is 2. The molecule has 0 aliphatic carbocycles. The molecule has 0 aromatic carbocycles. The van der Waals surface area contributed by atoms with Gasteiger partial charge in [0.05, 0.1) is 7.11 Å². The normalized spacial score (nSPS) is 11.5. The van der Waals surface area contributed by atoms with Gasteiger partial charge in [-0.2, -0.15) is 13.2 Å². The number of esters is 1. The minimum absolute atomic E-state index is 0.194. The maximum atomic E-state index is 12.5. The topological polar surface area (TPSA) is 52.1 Å². The third-order valence-corrected chi connectivity index (χ3v) is 3.95. The molecule has 112 valence electrons. The van der Waals surface area contributed by atoms with E-state index in [-0.39, 0.29) is 5.69 Å². The van der Waals surface area contributed by atoms with Gasteiger partial charge in [0.2, 0.25) is 0 Å². The predicted molar refractivity (Wildman–Crippen MR) is 71.1 cm³/mol. The molecular formula is C13H11F3N2O2S. The molecule has 2 rings (SSSR count). The van der Waals surface area contributed by atoms with Gasteiger partial charge in [0.15, 0.2) is 5.69 Å². The van der Waals surface area contributed by atoms with Gasteiger partial charge in [-0.1, -0.05) is 6.92 Å². The molecule has 0 fully saturated rings. The predicted octanol–water partition coefficient (Wildman–Crippen LogP) is 3.57. The van der Waals surface area contributed by atoms with Crippen LogP contribution in [0.1, 0.15) is 28.0 Å². The smallest absolute Gasteiger partial charge is 0.433 e. The number of nitrogens with zero attached hydrogens (tertiary/aromatic N) is 2. The Morgan fingerprint density at radius 2 is 2.10 bits per heavy atom. The first-order chi connectivity index (χ1) is 9.86. The van der Waals surface area contributed by atoms with Crippen LogP contribution in [-0.2, 0) is 17.3 Å². The summed E-state index contributed by atoms with van der Waals surface area (Å²) in [7, 11) is 1.25. The maximum absolute atomic E-state index is 12.5. The van der Waals surface area contributed by atoms with Crippen LogP contribution in [0, 0.1) is 0 Å². The van der Waals surface area contributed by atoms with Crippen LogP contribution in [0.3, 0.4) is 0 Å². The Balaban J connectivity index is 2.38. The molecule has 4 nitrogen and oxygen atoms in total. The largest absolute Gasteiger partial charge is 0.464 e. The number of rotatable bonds is 3. The number of pyridine rings is 1. The van der Waals surface area contributed by atoms with Gasteiger partial charge in [-0.15, -0.1) is 11.3 Å². The first-order valence-electron chi connectivity index (χ1n) is 5.98. The van der Waals surface area contributed by atoms with Crippen molar-refractivity contribution >= 4 is 17.3 Å². The summed E-state index contributed by atoms with van der Waals surface area (Å²) in [5.74, 6) is -0.561. The average molecular weight is 316 g/mol. The molecule has 0 spiro atoms. The van der Waals surface area contributed by atoms with E-state index in [2.05, 4.69) is 14.7 Å². The maximum Gasteiger partial charge on any atom is 0.433 e. The number of hydrogen-bond acceptors (Lipinski definition) is 5. The summed E-state index contributed by atoms with van der Waals surface area (Å²) in [4.78, 5) is 19.8. The number of aryl methyl sites for hydroxylation is 1. The summed E-state index contributed by atoms with van der Waals surface area (Å²) in [6.45, 7) is 1.86. The van der Waals surface area contributed by atoms with E-state index in [0.717, 1.165) is 17.1 Å². The van der Waals surface area contributed by atoms with E-state index >= 15 is 0 Å². The average Bonchev–Trinajstić information content (AvgIpc) is 2.90. The number of alkyl halides is 3. The highest BCUT2D eigenvalue weighted by Crippen LogP contribution is 2.31. The summed E-state index contributed by atoms with van der Waals surface area (Å²) >= 11 is 1.24. The second-order valence-corrected chi connectivity index (χ2v) is 5.15. The van der Waals surface area contributed by atoms with Gasteiger partial charge < -0.3 is 4.74 Å². The zero-order valence-electron chi connectivity index (χ0n) is 11.2. The summed E-state index contributed by atoms with van der Waals surface area (Å²) in [5.41, 5.74) is -0.343. The lowest BCUT2D eigenvalue weighted by molar-refractivity contribution is -0.141. The van der Waals surface area contributed by atoms with Gasteiger partial charge in [0, 0.05) is 16.6 Å². The lowest BCUT2D eigenvalue weighted by Gasteiger charge is -2.05. The number of methoxy groups -OCH3 is 1. The highest BCUT2D eigenvalue weighted by atomic mass is 32.1. The molecule has 21 heavy (non-hydrogen) atoms. The number of carbonyl (C=O) groups excluding carboxylic acids is 1. The number of halogens is 3. The van der Waals surface area contributed by atoms with Crippen molar-refractivity contribution in [2.45, 2.75) is 19.5 Å². The third-order valence-electron chi connectivity index (χ3n) is 2.70. The summed E-state index contributed by atoms with van der Waals surface area (Å²) in [6, 6.07) is 2.18. The number of carbonyl (C=O) groups is 1. The van der Waals surface area contributed by atoms with Crippen molar-refractivity contribution in [2.24, 2.45) is 0 Å². The highest BCUT2D eigenvalue weighted by molar-refractivity contribution is 7.15. The minimum atomic E-state index is -4.48. The monoisotopic (exact) mass is 316 g/mol. The van der Waals surface area contributed by atoms with Gasteiger partial charge in [-0.05, 0) is 18.6 Å². The van der Waals surface area contributed by atoms with E-state index in [1.807, 2.05) is 6.92 Å². The van der Waals surface area contributed by atoms with Gasteiger partial charge in [0.1, 0.15) is 10.7 Å². The molecule has 0 saturated heterocycles. The molecule has 8 heteroatoms. The Morgan fingerprint density at radius 1 is 1.38 bits per heavy atom. The molecule has 0 N–H and O–H groups in total. The van der Waals surface area contributed by atoms with E-state index in [4.69, 9.17) is 0 Å². The SMILES string of the molecule is CCc1sc(-c2ccc(C(F)(F)F)nc2)nc1C(=O)OC. The van der Waals surface area contributed by atoms with Crippen LogP contribution >= 0.6 is 11.3 Å². The Labute approximate surface area is 122 Å². The quantitative estimate of drug-likeness (QED) is 0.812. The van der Waals surface area contributed by atoms with Crippen molar-refractivity contribution < 1.29 is 22.7 Å². The Hall–Kier alpha value is -1.96. The van der Waals surface area contributed by atoms with Crippen molar-refractivity contribution in [2.75, 3.05) is 7.11 Å². The molecule has 0 aliphatic heterocycles. The van der Waals surface area contributed by atoms with Crippen molar-refractivity contribution in [3.63, 3.8) is 0 Å². The van der Waals surface area contributed by atoms with Crippen LogP contribution in [0.15, 0.2) is 18.3 Å². The van der Waals surface area contributed by atoms with E-state index in [1.165, 1.54) is 24.5 Å². The second kappa shape index (κ2) is 5.80. The first-order valence-corrected chi connectivity index (χ1v) is 6.80. The number of ether oxygens (including phenoxy) is 1. The number of thiazole rings is 1. The van der Waals surface area contributed by atoms with Crippen LogP contribution in [0.25, 0.3) is 10.6 Å². The van der Waals surface area contributed by atoms with Crippen molar-refractivity contribution in [1.29, 1.82) is 0 Å². The van der Waals surface area contributed by atoms with Crippen LogP contribution < -0.4 is 0 Å². The highest BCUT2D eigenvalue weighted by Gasteiger charge is 2.32. The first kappa shape index (κ1) is 15.4. The van der Waals surface area contributed by atoms with Crippen LogP contribution in [0.2, 0.25) is 0 Å². The van der Waals surface area contributed by atoms with Gasteiger partial charge in [0.25, 0.3) is 0 Å². The van der Waals surface area contributed by atoms with Crippen LogP contribution in [-0.4, -0.2) is 23.0 Å². The van der Waals surface area contributed by atoms with Crippen LogP contribution in [0.4, 0.5) is 13.2 Å². The van der Waals surface area contributed by atoms with Crippen molar-refractivity contribution in [3.05, 3.63) is 34.6 Å². The van der Waals surface area contributed by atoms with Gasteiger partial charge in [-0.3, -0.25) is 4.98 Å². The Morgan fingerprint density at radius 3 is 2.57 bits per heavy atom. The summed E-state index contributed by atoms with van der Waals surface area (Å²) in [6.07, 6.45) is -2.80. The summed E-state index contributed by atoms with van der Waals surface area (Å²) < 4.78 is 42.0. The third kappa shape index (κ3) is 3.21. The molecule has 2 aromatic rings. The fourth-order valence-corrected chi connectivity index (χ4v) is 2.64. The molecule has 0 atom stereocenters. The molecule has 0 amide bonds.